The Balaban J connectivity index is 1.33. The fourth-order valence-electron chi connectivity index (χ4n) is 5.61. The summed E-state index contributed by atoms with van der Waals surface area (Å²) in [6, 6.07) is 39.8. The summed E-state index contributed by atoms with van der Waals surface area (Å²) in [7, 11) is 0. The summed E-state index contributed by atoms with van der Waals surface area (Å²) in [5, 5.41) is 4.67. The van der Waals surface area contributed by atoms with Crippen LogP contribution >= 0.6 is 0 Å². The summed E-state index contributed by atoms with van der Waals surface area (Å²) >= 11 is 0. The molecule has 0 spiro atoms. The summed E-state index contributed by atoms with van der Waals surface area (Å²) < 4.78 is 2.20. The molecule has 5 aromatic heterocycles. The van der Waals surface area contributed by atoms with Crippen molar-refractivity contribution < 1.29 is 0 Å². The zero-order chi connectivity index (χ0) is 27.2. The minimum absolute atomic E-state index is 0.801. The quantitative estimate of drug-likeness (QED) is 0.231. The van der Waals surface area contributed by atoms with Crippen molar-refractivity contribution in [1.29, 1.82) is 0 Å². The van der Waals surface area contributed by atoms with Crippen LogP contribution in [0, 0.1) is 0 Å². The lowest BCUT2D eigenvalue weighted by Crippen LogP contribution is -2.00. The maximum Gasteiger partial charge on any atom is 0.138 e. The van der Waals surface area contributed by atoms with Crippen LogP contribution in [0.1, 0.15) is 0 Å². The van der Waals surface area contributed by atoms with Crippen LogP contribution < -0.4 is 0 Å². The number of hydrogen-bond donors (Lipinski definition) is 0. The zero-order valence-electron chi connectivity index (χ0n) is 22.0. The third-order valence-electron chi connectivity index (χ3n) is 7.57. The first kappa shape index (κ1) is 23.2. The van der Waals surface area contributed by atoms with E-state index in [1.807, 2.05) is 55.0 Å². The predicted molar refractivity (Wildman–Crippen MR) is 166 cm³/mol. The molecule has 0 amide bonds. The van der Waals surface area contributed by atoms with E-state index in [1.165, 1.54) is 10.8 Å². The summed E-state index contributed by atoms with van der Waals surface area (Å²) in [6.07, 6.45) is 7.39. The van der Waals surface area contributed by atoms with Gasteiger partial charge in [0.1, 0.15) is 5.82 Å². The number of rotatable bonds is 4. The van der Waals surface area contributed by atoms with Gasteiger partial charge in [0, 0.05) is 41.1 Å². The molecule has 0 radical (unpaired) electrons. The molecular weight excluding hydrogens is 502 g/mol. The monoisotopic (exact) mass is 525 g/mol. The van der Waals surface area contributed by atoms with E-state index < -0.39 is 0 Å². The molecule has 0 bridgehead atoms. The molecule has 0 atom stereocenters. The average molecular weight is 526 g/mol. The Hall–Kier alpha value is -5.68. The molecule has 5 nitrogen and oxygen atoms in total. The molecule has 0 aliphatic carbocycles. The fourth-order valence-corrected chi connectivity index (χ4v) is 5.61. The molecule has 0 aliphatic rings. The average Bonchev–Trinajstić information content (AvgIpc) is 3.39. The smallest absolute Gasteiger partial charge is 0.138 e. The van der Waals surface area contributed by atoms with E-state index in [0.717, 1.165) is 61.4 Å². The summed E-state index contributed by atoms with van der Waals surface area (Å²) in [4.78, 5) is 19.0. The van der Waals surface area contributed by atoms with E-state index >= 15 is 0 Å². The van der Waals surface area contributed by atoms with Crippen LogP contribution in [0.3, 0.4) is 0 Å². The molecule has 5 heteroatoms. The van der Waals surface area contributed by atoms with Crippen molar-refractivity contribution >= 4 is 32.6 Å². The van der Waals surface area contributed by atoms with Crippen LogP contribution in [0.2, 0.25) is 0 Å². The van der Waals surface area contributed by atoms with Crippen molar-refractivity contribution in [2.24, 2.45) is 0 Å². The molecule has 0 N–H and O–H groups in total. The number of benzene rings is 3. The molecule has 3 aromatic carbocycles. The Labute approximate surface area is 236 Å². The fraction of sp³-hybridized carbons (Fsp3) is 0. The molecule has 192 valence electrons. The second-order valence-electron chi connectivity index (χ2n) is 10.1. The molecule has 41 heavy (non-hydrogen) atoms. The molecule has 0 saturated heterocycles. The summed E-state index contributed by atoms with van der Waals surface area (Å²) in [5.41, 5.74) is 7.79. The normalized spacial score (nSPS) is 11.4. The molecule has 0 unspecified atom stereocenters. The molecular formula is C36H23N5. The number of aromatic nitrogens is 5. The van der Waals surface area contributed by atoms with Crippen molar-refractivity contribution in [2.75, 3.05) is 0 Å². The Bertz CT molecular complexity index is 2160. The highest BCUT2D eigenvalue weighted by Crippen LogP contribution is 2.33. The van der Waals surface area contributed by atoms with Gasteiger partial charge in [0.15, 0.2) is 0 Å². The van der Waals surface area contributed by atoms with E-state index in [1.54, 1.807) is 6.20 Å². The highest BCUT2D eigenvalue weighted by Gasteiger charge is 2.15. The van der Waals surface area contributed by atoms with Gasteiger partial charge in [-0.05, 0) is 76.5 Å². The van der Waals surface area contributed by atoms with Gasteiger partial charge in [0.05, 0.1) is 28.1 Å². The van der Waals surface area contributed by atoms with Gasteiger partial charge in [-0.1, -0.05) is 60.7 Å². The molecule has 0 aliphatic heterocycles. The number of nitrogens with zero attached hydrogens (tertiary/aromatic N) is 5. The first-order valence-electron chi connectivity index (χ1n) is 13.5. The number of fused-ring (bicyclic) bond motifs is 4. The van der Waals surface area contributed by atoms with Gasteiger partial charge < -0.3 is 0 Å². The van der Waals surface area contributed by atoms with Gasteiger partial charge in [-0.25, -0.2) is 9.97 Å². The second kappa shape index (κ2) is 9.50. The highest BCUT2D eigenvalue weighted by molar-refractivity contribution is 6.08. The van der Waals surface area contributed by atoms with E-state index in [4.69, 9.17) is 9.97 Å². The van der Waals surface area contributed by atoms with Crippen molar-refractivity contribution in [3.8, 4) is 39.6 Å². The van der Waals surface area contributed by atoms with Crippen LogP contribution in [-0.2, 0) is 0 Å². The molecule has 0 saturated carbocycles. The Morgan fingerprint density at radius 3 is 2.20 bits per heavy atom. The van der Waals surface area contributed by atoms with Crippen LogP contribution in [0.15, 0.2) is 140 Å². The lowest BCUT2D eigenvalue weighted by atomic mass is 9.99. The SMILES string of the molecule is c1cncc(-c2cc(-c3ccc4ccccc4c3)cc(-c3cccc(-n4c5ccccc5c5cnccc54)n3)n2)c1. The standard InChI is InChI=1S/C36H23N5/c1-2-8-25-19-26(15-14-24(25)7-1)28-20-32(27-9-6-17-37-22-27)39-33(21-28)31-11-5-13-36(40-31)41-34-12-4-3-10-29(34)30-23-38-18-16-35(30)41/h1-23H. The number of para-hydroxylation sites is 1. The topological polar surface area (TPSA) is 56.5 Å². The molecule has 8 rings (SSSR count). The van der Waals surface area contributed by atoms with E-state index in [-0.39, 0.29) is 0 Å². The minimum Gasteiger partial charge on any atom is -0.294 e. The molecule has 8 aromatic rings. The van der Waals surface area contributed by atoms with Crippen LogP contribution in [0.5, 0.6) is 0 Å². The minimum atomic E-state index is 0.801. The van der Waals surface area contributed by atoms with Crippen LogP contribution in [0.25, 0.3) is 72.2 Å². The van der Waals surface area contributed by atoms with Crippen molar-refractivity contribution in [2.45, 2.75) is 0 Å². The highest BCUT2D eigenvalue weighted by atomic mass is 15.1. The maximum atomic E-state index is 5.17. The Morgan fingerprint density at radius 2 is 1.27 bits per heavy atom. The lowest BCUT2D eigenvalue weighted by Gasteiger charge is -2.12. The van der Waals surface area contributed by atoms with E-state index in [0.29, 0.717) is 0 Å². The third kappa shape index (κ3) is 4.03. The van der Waals surface area contributed by atoms with Crippen molar-refractivity contribution in [3.05, 3.63) is 140 Å². The van der Waals surface area contributed by atoms with Gasteiger partial charge in [-0.2, -0.15) is 0 Å². The van der Waals surface area contributed by atoms with Gasteiger partial charge in [0.25, 0.3) is 0 Å². The number of hydrogen-bond acceptors (Lipinski definition) is 4. The van der Waals surface area contributed by atoms with Crippen molar-refractivity contribution in [1.82, 2.24) is 24.5 Å². The number of pyridine rings is 4. The first-order valence-corrected chi connectivity index (χ1v) is 13.5. The van der Waals surface area contributed by atoms with Gasteiger partial charge in [0.2, 0.25) is 0 Å². The van der Waals surface area contributed by atoms with Gasteiger partial charge in [-0.15, -0.1) is 0 Å². The van der Waals surface area contributed by atoms with Gasteiger partial charge in [-0.3, -0.25) is 14.5 Å². The van der Waals surface area contributed by atoms with Gasteiger partial charge >= 0.3 is 0 Å². The third-order valence-corrected chi connectivity index (χ3v) is 7.57. The zero-order valence-corrected chi connectivity index (χ0v) is 22.0. The second-order valence-corrected chi connectivity index (χ2v) is 10.1. The predicted octanol–water partition coefficient (Wildman–Crippen LogP) is 8.52. The Kier molecular flexibility index (Phi) is 5.38. The van der Waals surface area contributed by atoms with Crippen LogP contribution in [-0.4, -0.2) is 24.5 Å². The van der Waals surface area contributed by atoms with E-state index in [2.05, 4.69) is 93.4 Å². The maximum absolute atomic E-state index is 5.17. The molecule has 5 heterocycles. The lowest BCUT2D eigenvalue weighted by molar-refractivity contribution is 1.08. The van der Waals surface area contributed by atoms with E-state index in [9.17, 15) is 0 Å². The van der Waals surface area contributed by atoms with Crippen molar-refractivity contribution in [3.63, 3.8) is 0 Å². The first-order chi connectivity index (χ1) is 20.3. The molecule has 0 fully saturated rings. The summed E-state index contributed by atoms with van der Waals surface area (Å²) in [6.45, 7) is 0. The summed E-state index contributed by atoms with van der Waals surface area (Å²) in [5.74, 6) is 0.834. The largest absolute Gasteiger partial charge is 0.294 e. The Morgan fingerprint density at radius 1 is 0.439 bits per heavy atom. The van der Waals surface area contributed by atoms with Crippen LogP contribution in [0.4, 0.5) is 0 Å².